The van der Waals surface area contributed by atoms with Gasteiger partial charge in [-0.05, 0) is 37.5 Å². The molecule has 0 atom stereocenters. The molecule has 0 amide bonds. The van der Waals surface area contributed by atoms with Crippen molar-refractivity contribution in [2.45, 2.75) is 30.8 Å². The fourth-order valence-electron chi connectivity index (χ4n) is 2.32. The average molecular weight is 309 g/mol. The zero-order valence-corrected chi connectivity index (χ0v) is 12.7. The molecule has 1 aliphatic rings. The highest BCUT2D eigenvalue weighted by Crippen LogP contribution is 2.24. The summed E-state index contributed by atoms with van der Waals surface area (Å²) >= 11 is 0. The molecule has 6 heteroatoms. The second-order valence-corrected chi connectivity index (χ2v) is 6.98. The number of aryl methyl sites for hydroxylation is 1. The van der Waals surface area contributed by atoms with E-state index in [1.807, 2.05) is 0 Å². The fraction of sp³-hybridized carbons (Fsp3) is 0.467. The summed E-state index contributed by atoms with van der Waals surface area (Å²) in [6, 6.07) is 4.99. The molecule has 5 nitrogen and oxygen atoms in total. The first-order chi connectivity index (χ1) is 9.95. The molecule has 1 heterocycles. The van der Waals surface area contributed by atoms with Crippen LogP contribution in [0, 0.1) is 18.8 Å². The molecule has 1 aromatic carbocycles. The molecule has 114 valence electrons. The Morgan fingerprint density at radius 3 is 2.62 bits per heavy atom. The van der Waals surface area contributed by atoms with E-state index in [1.165, 1.54) is 4.31 Å². The predicted molar refractivity (Wildman–Crippen MR) is 79.1 cm³/mol. The summed E-state index contributed by atoms with van der Waals surface area (Å²) in [5.41, 5.74) is 1.22. The van der Waals surface area contributed by atoms with Gasteiger partial charge >= 0.3 is 0 Å². The van der Waals surface area contributed by atoms with Crippen LogP contribution in [0.3, 0.4) is 0 Å². The van der Waals surface area contributed by atoms with Gasteiger partial charge in [0.15, 0.2) is 0 Å². The normalized spacial score (nSPS) is 17.3. The van der Waals surface area contributed by atoms with Crippen molar-refractivity contribution in [3.05, 3.63) is 29.3 Å². The zero-order chi connectivity index (χ0) is 15.5. The Kier molecular flexibility index (Phi) is 5.01. The minimum Gasteiger partial charge on any atom is -0.393 e. The van der Waals surface area contributed by atoms with Crippen LogP contribution in [-0.2, 0) is 10.0 Å². The van der Waals surface area contributed by atoms with Gasteiger partial charge in [-0.25, -0.2) is 8.42 Å². The number of benzene rings is 1. The number of piperidine rings is 1. The number of hydrogen-bond donors (Lipinski definition) is 2. The highest BCUT2D eigenvalue weighted by Gasteiger charge is 2.29. The lowest BCUT2D eigenvalue weighted by atomic mass is 10.1. The summed E-state index contributed by atoms with van der Waals surface area (Å²) in [7, 11) is -3.57. The highest BCUT2D eigenvalue weighted by atomic mass is 32.2. The van der Waals surface area contributed by atoms with Crippen LogP contribution in [0.4, 0.5) is 0 Å². The first-order valence-corrected chi connectivity index (χ1v) is 8.28. The average Bonchev–Trinajstić information content (AvgIpc) is 2.46. The Labute approximate surface area is 125 Å². The van der Waals surface area contributed by atoms with Crippen LogP contribution in [0.2, 0.25) is 0 Å². The third kappa shape index (κ3) is 3.63. The predicted octanol–water partition coefficient (Wildman–Crippen LogP) is 0.484. The van der Waals surface area contributed by atoms with Crippen molar-refractivity contribution < 1.29 is 18.6 Å². The van der Waals surface area contributed by atoms with E-state index in [0.717, 1.165) is 0 Å². The van der Waals surface area contributed by atoms with E-state index in [-0.39, 0.29) is 11.5 Å². The van der Waals surface area contributed by atoms with Crippen LogP contribution < -0.4 is 0 Å². The van der Waals surface area contributed by atoms with Crippen molar-refractivity contribution in [3.8, 4) is 11.8 Å². The van der Waals surface area contributed by atoms with Crippen molar-refractivity contribution in [2.24, 2.45) is 0 Å². The summed E-state index contributed by atoms with van der Waals surface area (Å²) in [4.78, 5) is 0.239. The molecule has 1 aromatic rings. The standard InChI is InChI=1S/C15H19NO4S/c1-12-4-5-13(3-2-10-17)11-15(12)21(19,20)16-8-6-14(18)7-9-16/h4-5,11,14,17-18H,6-10H2,1H3. The van der Waals surface area contributed by atoms with E-state index in [2.05, 4.69) is 11.8 Å². The quantitative estimate of drug-likeness (QED) is 0.779. The van der Waals surface area contributed by atoms with E-state index in [9.17, 15) is 13.5 Å². The van der Waals surface area contributed by atoms with Gasteiger partial charge in [-0.3, -0.25) is 0 Å². The molecule has 21 heavy (non-hydrogen) atoms. The maximum Gasteiger partial charge on any atom is 0.243 e. The number of aliphatic hydroxyl groups is 2. The number of rotatable bonds is 2. The van der Waals surface area contributed by atoms with Gasteiger partial charge in [0.1, 0.15) is 6.61 Å². The van der Waals surface area contributed by atoms with E-state index in [1.54, 1.807) is 25.1 Å². The van der Waals surface area contributed by atoms with Crippen molar-refractivity contribution in [1.29, 1.82) is 0 Å². The molecule has 0 bridgehead atoms. The van der Waals surface area contributed by atoms with E-state index in [4.69, 9.17) is 5.11 Å². The number of aliphatic hydroxyl groups excluding tert-OH is 2. The monoisotopic (exact) mass is 309 g/mol. The molecular weight excluding hydrogens is 290 g/mol. The molecule has 1 fully saturated rings. The van der Waals surface area contributed by atoms with Gasteiger partial charge in [-0.15, -0.1) is 0 Å². The molecule has 0 aromatic heterocycles. The molecule has 0 radical (unpaired) electrons. The Morgan fingerprint density at radius 1 is 1.33 bits per heavy atom. The molecule has 1 saturated heterocycles. The number of sulfonamides is 1. The number of nitrogens with zero attached hydrogens (tertiary/aromatic N) is 1. The molecular formula is C15H19NO4S. The van der Waals surface area contributed by atoms with Crippen LogP contribution in [-0.4, -0.2) is 48.7 Å². The Balaban J connectivity index is 2.35. The lowest BCUT2D eigenvalue weighted by molar-refractivity contribution is 0.113. The highest BCUT2D eigenvalue weighted by molar-refractivity contribution is 7.89. The largest absolute Gasteiger partial charge is 0.393 e. The SMILES string of the molecule is Cc1ccc(C#CCO)cc1S(=O)(=O)N1CCC(O)CC1. The summed E-state index contributed by atoms with van der Waals surface area (Å²) in [6.45, 7) is 2.14. The Morgan fingerprint density at radius 2 is 2.00 bits per heavy atom. The third-order valence-corrected chi connectivity index (χ3v) is 5.58. The van der Waals surface area contributed by atoms with Crippen molar-refractivity contribution >= 4 is 10.0 Å². The van der Waals surface area contributed by atoms with Gasteiger partial charge in [-0.2, -0.15) is 4.31 Å². The third-order valence-electron chi connectivity index (χ3n) is 3.54. The first-order valence-electron chi connectivity index (χ1n) is 6.83. The number of hydrogen-bond acceptors (Lipinski definition) is 4. The maximum absolute atomic E-state index is 12.7. The minimum atomic E-state index is -3.57. The molecule has 2 rings (SSSR count). The van der Waals surface area contributed by atoms with Crippen LogP contribution in [0.15, 0.2) is 23.1 Å². The second kappa shape index (κ2) is 6.58. The van der Waals surface area contributed by atoms with E-state index >= 15 is 0 Å². The van der Waals surface area contributed by atoms with Gasteiger partial charge < -0.3 is 10.2 Å². The molecule has 0 spiro atoms. The molecule has 1 aliphatic heterocycles. The van der Waals surface area contributed by atoms with Crippen LogP contribution in [0.1, 0.15) is 24.0 Å². The lowest BCUT2D eigenvalue weighted by Gasteiger charge is -2.29. The zero-order valence-electron chi connectivity index (χ0n) is 11.9. The van der Waals surface area contributed by atoms with Crippen LogP contribution in [0.25, 0.3) is 0 Å². The second-order valence-electron chi connectivity index (χ2n) is 5.08. The van der Waals surface area contributed by atoms with Gasteiger partial charge in [0.25, 0.3) is 0 Å². The van der Waals surface area contributed by atoms with Crippen LogP contribution in [0.5, 0.6) is 0 Å². The first kappa shape index (κ1) is 16.0. The minimum absolute atomic E-state index is 0.239. The molecule has 0 aliphatic carbocycles. The topological polar surface area (TPSA) is 77.8 Å². The summed E-state index contributed by atoms with van der Waals surface area (Å²) in [6.07, 6.45) is 0.504. The smallest absolute Gasteiger partial charge is 0.243 e. The fourth-order valence-corrected chi connectivity index (χ4v) is 4.04. The van der Waals surface area contributed by atoms with Crippen LogP contribution >= 0.6 is 0 Å². The van der Waals surface area contributed by atoms with Crippen molar-refractivity contribution in [1.82, 2.24) is 4.31 Å². The summed E-state index contributed by atoms with van der Waals surface area (Å²) < 4.78 is 26.8. The summed E-state index contributed by atoms with van der Waals surface area (Å²) in [5, 5.41) is 18.2. The van der Waals surface area contributed by atoms with Crippen molar-refractivity contribution in [2.75, 3.05) is 19.7 Å². The Hall–Kier alpha value is -1.39. The molecule has 0 unspecified atom stereocenters. The van der Waals surface area contributed by atoms with Crippen molar-refractivity contribution in [3.63, 3.8) is 0 Å². The molecule has 2 N–H and O–H groups in total. The summed E-state index contributed by atoms with van der Waals surface area (Å²) in [5.74, 6) is 5.23. The maximum atomic E-state index is 12.7. The van der Waals surface area contributed by atoms with Gasteiger partial charge in [0.05, 0.1) is 11.0 Å². The van der Waals surface area contributed by atoms with E-state index in [0.29, 0.717) is 37.1 Å². The van der Waals surface area contributed by atoms with Gasteiger partial charge in [-0.1, -0.05) is 17.9 Å². The lowest BCUT2D eigenvalue weighted by Crippen LogP contribution is -2.40. The van der Waals surface area contributed by atoms with E-state index < -0.39 is 16.1 Å². The van der Waals surface area contributed by atoms with Gasteiger partial charge in [0, 0.05) is 18.7 Å². The Bertz CT molecular complexity index is 665. The molecule has 0 saturated carbocycles. The van der Waals surface area contributed by atoms with Gasteiger partial charge in [0.2, 0.25) is 10.0 Å².